The number of pyridine rings is 1. The molecule has 5 heteroatoms. The standard InChI is InChI=1S/C12H14BrN3O/c1-7(17)5-16-12-9-4-8(13)2-3-11(9)15-6-10(12)14/h2-4,6-7,17H,5,14H2,1H3,(H,15,16). The van der Waals surface area contributed by atoms with Gasteiger partial charge in [-0.25, -0.2) is 0 Å². The average molecular weight is 296 g/mol. The number of rotatable bonds is 3. The molecule has 17 heavy (non-hydrogen) atoms. The number of halogens is 1. The predicted octanol–water partition coefficient (Wildman–Crippen LogP) is 2.37. The lowest BCUT2D eigenvalue weighted by atomic mass is 10.1. The number of anilines is 2. The number of nitrogens with one attached hydrogen (secondary N) is 1. The van der Waals surface area contributed by atoms with Crippen LogP contribution in [0.1, 0.15) is 6.92 Å². The largest absolute Gasteiger partial charge is 0.396 e. The molecule has 1 atom stereocenters. The first-order valence-electron chi connectivity index (χ1n) is 5.33. The number of aliphatic hydroxyl groups excluding tert-OH is 1. The van der Waals surface area contributed by atoms with Gasteiger partial charge in [0.15, 0.2) is 0 Å². The lowest BCUT2D eigenvalue weighted by Crippen LogP contribution is -2.16. The van der Waals surface area contributed by atoms with Crippen molar-refractivity contribution in [1.29, 1.82) is 0 Å². The van der Waals surface area contributed by atoms with E-state index in [-0.39, 0.29) is 0 Å². The minimum Gasteiger partial charge on any atom is -0.396 e. The number of nitrogens with two attached hydrogens (primary N) is 1. The maximum absolute atomic E-state index is 9.30. The highest BCUT2D eigenvalue weighted by molar-refractivity contribution is 9.10. The molecule has 90 valence electrons. The van der Waals surface area contributed by atoms with Gasteiger partial charge < -0.3 is 16.2 Å². The van der Waals surface area contributed by atoms with Crippen molar-refractivity contribution in [2.24, 2.45) is 0 Å². The topological polar surface area (TPSA) is 71.2 Å². The van der Waals surface area contributed by atoms with Gasteiger partial charge in [-0.3, -0.25) is 4.98 Å². The number of fused-ring (bicyclic) bond motifs is 1. The summed E-state index contributed by atoms with van der Waals surface area (Å²) in [6.45, 7) is 2.18. The summed E-state index contributed by atoms with van der Waals surface area (Å²) < 4.78 is 0.970. The Labute approximate surface area is 108 Å². The summed E-state index contributed by atoms with van der Waals surface area (Å²) in [5, 5.41) is 13.4. The van der Waals surface area contributed by atoms with Crippen LogP contribution in [0.5, 0.6) is 0 Å². The van der Waals surface area contributed by atoms with Gasteiger partial charge in [0, 0.05) is 16.4 Å². The van der Waals surface area contributed by atoms with Gasteiger partial charge >= 0.3 is 0 Å². The lowest BCUT2D eigenvalue weighted by molar-refractivity contribution is 0.208. The summed E-state index contributed by atoms with van der Waals surface area (Å²) >= 11 is 3.43. The number of aliphatic hydroxyl groups is 1. The number of benzene rings is 1. The molecule has 4 N–H and O–H groups in total. The van der Waals surface area contributed by atoms with E-state index in [2.05, 4.69) is 26.2 Å². The highest BCUT2D eigenvalue weighted by Crippen LogP contribution is 2.29. The first-order chi connectivity index (χ1) is 8.08. The zero-order valence-corrected chi connectivity index (χ0v) is 11.0. The Hall–Kier alpha value is -1.33. The molecule has 2 aromatic rings. The van der Waals surface area contributed by atoms with Gasteiger partial charge in [-0.05, 0) is 25.1 Å². The third-order valence-corrected chi connectivity index (χ3v) is 2.93. The monoisotopic (exact) mass is 295 g/mol. The molecule has 4 nitrogen and oxygen atoms in total. The molecule has 0 aliphatic carbocycles. The van der Waals surface area contributed by atoms with E-state index in [0.717, 1.165) is 21.1 Å². The quantitative estimate of drug-likeness (QED) is 0.813. The van der Waals surface area contributed by atoms with Crippen LogP contribution in [0, 0.1) is 0 Å². The van der Waals surface area contributed by atoms with Crippen LogP contribution in [0.3, 0.4) is 0 Å². The minimum absolute atomic E-state index is 0.426. The van der Waals surface area contributed by atoms with Gasteiger partial charge in [0.05, 0.1) is 29.2 Å². The zero-order valence-electron chi connectivity index (χ0n) is 9.44. The van der Waals surface area contributed by atoms with Crippen LogP contribution >= 0.6 is 15.9 Å². The molecule has 0 bridgehead atoms. The third-order valence-electron chi connectivity index (χ3n) is 2.43. The van der Waals surface area contributed by atoms with E-state index >= 15 is 0 Å². The van der Waals surface area contributed by atoms with Gasteiger partial charge in [0.1, 0.15) is 0 Å². The van der Waals surface area contributed by atoms with Crippen molar-refractivity contribution in [2.45, 2.75) is 13.0 Å². The van der Waals surface area contributed by atoms with Crippen molar-refractivity contribution in [3.8, 4) is 0 Å². The van der Waals surface area contributed by atoms with Crippen LogP contribution in [0.2, 0.25) is 0 Å². The summed E-state index contributed by atoms with van der Waals surface area (Å²) in [4.78, 5) is 4.26. The Kier molecular flexibility index (Phi) is 3.49. The molecule has 0 fully saturated rings. The van der Waals surface area contributed by atoms with Crippen molar-refractivity contribution < 1.29 is 5.11 Å². The molecular formula is C12H14BrN3O. The first-order valence-corrected chi connectivity index (χ1v) is 6.13. The summed E-state index contributed by atoms with van der Waals surface area (Å²) in [6, 6.07) is 5.82. The van der Waals surface area contributed by atoms with E-state index in [1.807, 2.05) is 18.2 Å². The number of aromatic nitrogens is 1. The molecule has 1 unspecified atom stereocenters. The Morgan fingerprint density at radius 2 is 2.29 bits per heavy atom. The van der Waals surface area contributed by atoms with Crippen molar-refractivity contribution in [2.75, 3.05) is 17.6 Å². The van der Waals surface area contributed by atoms with Crippen LogP contribution < -0.4 is 11.1 Å². The highest BCUT2D eigenvalue weighted by atomic mass is 79.9. The molecule has 0 saturated carbocycles. The molecule has 0 radical (unpaired) electrons. The minimum atomic E-state index is -0.426. The Morgan fingerprint density at radius 1 is 1.53 bits per heavy atom. The van der Waals surface area contributed by atoms with E-state index in [4.69, 9.17) is 5.73 Å². The molecule has 0 aliphatic heterocycles. The molecular weight excluding hydrogens is 282 g/mol. The summed E-state index contributed by atoms with van der Waals surface area (Å²) in [5.74, 6) is 0. The molecule has 1 aromatic carbocycles. The van der Waals surface area contributed by atoms with Gasteiger partial charge in [-0.2, -0.15) is 0 Å². The number of nitrogen functional groups attached to an aromatic ring is 1. The fraction of sp³-hybridized carbons (Fsp3) is 0.250. The summed E-state index contributed by atoms with van der Waals surface area (Å²) in [7, 11) is 0. The van der Waals surface area contributed by atoms with Crippen molar-refractivity contribution >= 4 is 38.2 Å². The highest BCUT2D eigenvalue weighted by Gasteiger charge is 2.07. The molecule has 0 aliphatic rings. The average Bonchev–Trinajstić information content (AvgIpc) is 2.27. The lowest BCUT2D eigenvalue weighted by Gasteiger charge is -2.13. The molecule has 1 aromatic heterocycles. The van der Waals surface area contributed by atoms with Crippen molar-refractivity contribution in [3.63, 3.8) is 0 Å². The maximum atomic E-state index is 9.30. The van der Waals surface area contributed by atoms with Gasteiger partial charge in [-0.1, -0.05) is 15.9 Å². The van der Waals surface area contributed by atoms with Crippen LogP contribution in [-0.2, 0) is 0 Å². The van der Waals surface area contributed by atoms with Gasteiger partial charge in [0.25, 0.3) is 0 Å². The van der Waals surface area contributed by atoms with E-state index in [0.29, 0.717) is 12.2 Å². The van der Waals surface area contributed by atoms with Crippen LogP contribution in [0.25, 0.3) is 10.9 Å². The van der Waals surface area contributed by atoms with E-state index in [9.17, 15) is 5.11 Å². The summed E-state index contributed by atoms with van der Waals surface area (Å²) in [6.07, 6.45) is 1.20. The third kappa shape index (κ3) is 2.68. The number of nitrogens with zero attached hydrogens (tertiary/aromatic N) is 1. The Morgan fingerprint density at radius 3 is 3.00 bits per heavy atom. The zero-order chi connectivity index (χ0) is 12.4. The number of hydrogen-bond acceptors (Lipinski definition) is 4. The second-order valence-corrected chi connectivity index (χ2v) is 4.90. The molecule has 0 amide bonds. The second-order valence-electron chi connectivity index (χ2n) is 3.98. The van der Waals surface area contributed by atoms with E-state index in [1.54, 1.807) is 13.1 Å². The summed E-state index contributed by atoms with van der Waals surface area (Å²) in [5.41, 5.74) is 8.17. The fourth-order valence-electron chi connectivity index (χ4n) is 1.63. The Balaban J connectivity index is 2.50. The Bertz CT molecular complexity index is 537. The number of hydrogen-bond donors (Lipinski definition) is 3. The van der Waals surface area contributed by atoms with Crippen LogP contribution in [-0.4, -0.2) is 22.7 Å². The molecule has 1 heterocycles. The smallest absolute Gasteiger partial charge is 0.0743 e. The van der Waals surface area contributed by atoms with Gasteiger partial charge in [0.2, 0.25) is 0 Å². The second kappa shape index (κ2) is 4.89. The van der Waals surface area contributed by atoms with Crippen molar-refractivity contribution in [3.05, 3.63) is 28.9 Å². The van der Waals surface area contributed by atoms with E-state index in [1.165, 1.54) is 0 Å². The first kappa shape index (κ1) is 12.1. The maximum Gasteiger partial charge on any atom is 0.0743 e. The SMILES string of the molecule is CC(O)CNc1c(N)cnc2ccc(Br)cc12. The molecule has 2 rings (SSSR count). The molecule has 0 saturated heterocycles. The predicted molar refractivity (Wildman–Crippen MR) is 74.0 cm³/mol. The van der Waals surface area contributed by atoms with E-state index < -0.39 is 6.10 Å². The normalized spacial score (nSPS) is 12.6. The van der Waals surface area contributed by atoms with Crippen LogP contribution in [0.15, 0.2) is 28.9 Å². The van der Waals surface area contributed by atoms with Gasteiger partial charge in [-0.15, -0.1) is 0 Å². The molecule has 0 spiro atoms. The van der Waals surface area contributed by atoms with Crippen LogP contribution in [0.4, 0.5) is 11.4 Å². The fourth-order valence-corrected chi connectivity index (χ4v) is 1.99. The van der Waals surface area contributed by atoms with Crippen molar-refractivity contribution in [1.82, 2.24) is 4.98 Å².